The molecular weight excluding hydrogens is 324 g/mol. The molecule has 3 rings (SSSR count). The molecule has 1 aromatic carbocycles. The molecule has 0 amide bonds. The highest BCUT2D eigenvalue weighted by Crippen LogP contribution is 2.29. The summed E-state index contributed by atoms with van der Waals surface area (Å²) in [6.07, 6.45) is 2.33. The fraction of sp³-hybridized carbons (Fsp3) is 0.385. The monoisotopic (exact) mass is 338 g/mol. The summed E-state index contributed by atoms with van der Waals surface area (Å²) in [5.41, 5.74) is 0.766. The van der Waals surface area contributed by atoms with Gasteiger partial charge in [0.1, 0.15) is 0 Å². The van der Waals surface area contributed by atoms with Crippen molar-refractivity contribution in [1.82, 2.24) is 10.3 Å². The molecular formula is C13H14N4O3S2. The molecule has 1 fully saturated rings. The number of hydrogen-bond acceptors (Lipinski definition) is 6. The number of benzene rings is 1. The molecule has 0 spiro atoms. The van der Waals surface area contributed by atoms with Gasteiger partial charge in [-0.1, -0.05) is 11.3 Å². The predicted octanol–water partition coefficient (Wildman–Crippen LogP) is 2.67. The Labute approximate surface area is 135 Å². The van der Waals surface area contributed by atoms with Gasteiger partial charge in [0.2, 0.25) is 0 Å². The van der Waals surface area contributed by atoms with E-state index in [-0.39, 0.29) is 11.8 Å². The second-order valence-corrected chi connectivity index (χ2v) is 6.34. The predicted molar refractivity (Wildman–Crippen MR) is 89.5 cm³/mol. The Balaban J connectivity index is 1.63. The third-order valence-electron chi connectivity index (χ3n) is 3.32. The normalized spacial score (nSPS) is 17.5. The molecule has 1 atom stereocenters. The zero-order chi connectivity index (χ0) is 15.5. The number of rotatable bonds is 4. The van der Waals surface area contributed by atoms with E-state index in [4.69, 9.17) is 17.0 Å². The van der Waals surface area contributed by atoms with Crippen molar-refractivity contribution in [1.29, 1.82) is 0 Å². The number of hydrogen-bond donors (Lipinski definition) is 2. The summed E-state index contributed by atoms with van der Waals surface area (Å²) in [5, 5.41) is 18.0. The number of nitro benzene ring substituents is 1. The minimum absolute atomic E-state index is 0.0572. The van der Waals surface area contributed by atoms with E-state index in [2.05, 4.69) is 15.6 Å². The van der Waals surface area contributed by atoms with Gasteiger partial charge in [0, 0.05) is 25.3 Å². The van der Waals surface area contributed by atoms with Gasteiger partial charge >= 0.3 is 0 Å². The van der Waals surface area contributed by atoms with Gasteiger partial charge in [-0.05, 0) is 31.1 Å². The van der Waals surface area contributed by atoms with Crippen LogP contribution in [-0.4, -0.2) is 34.3 Å². The lowest BCUT2D eigenvalue weighted by Gasteiger charge is -2.12. The van der Waals surface area contributed by atoms with Crippen LogP contribution in [0.4, 0.5) is 10.8 Å². The SMILES string of the molecule is O=[N+]([O-])c1ccc2nc(NC(=S)NCC3CCCO3)sc2c1. The maximum atomic E-state index is 10.8. The number of thiazole rings is 1. The Hall–Kier alpha value is -1.84. The van der Waals surface area contributed by atoms with Gasteiger partial charge in [-0.25, -0.2) is 4.98 Å². The molecule has 9 heteroatoms. The van der Waals surface area contributed by atoms with E-state index >= 15 is 0 Å². The standard InChI is InChI=1S/C13H14N4O3S2/c18-17(19)8-3-4-10-11(6-8)22-13(15-10)16-12(21)14-7-9-2-1-5-20-9/h3-4,6,9H,1-2,5,7H2,(H2,14,15,16,21). The van der Waals surface area contributed by atoms with Crippen molar-refractivity contribution in [3.63, 3.8) is 0 Å². The second kappa shape index (κ2) is 6.51. The third-order valence-corrected chi connectivity index (χ3v) is 4.50. The van der Waals surface area contributed by atoms with Crippen LogP contribution in [-0.2, 0) is 4.74 Å². The van der Waals surface area contributed by atoms with Crippen molar-refractivity contribution in [2.24, 2.45) is 0 Å². The fourth-order valence-corrected chi connectivity index (χ4v) is 3.38. The Kier molecular flexibility index (Phi) is 4.46. The highest BCUT2D eigenvalue weighted by atomic mass is 32.1. The number of fused-ring (bicyclic) bond motifs is 1. The molecule has 0 saturated carbocycles. The van der Waals surface area contributed by atoms with Crippen molar-refractivity contribution in [2.45, 2.75) is 18.9 Å². The lowest BCUT2D eigenvalue weighted by Crippen LogP contribution is -2.34. The van der Waals surface area contributed by atoms with Crippen molar-refractivity contribution < 1.29 is 9.66 Å². The van der Waals surface area contributed by atoms with E-state index in [1.807, 2.05) is 0 Å². The van der Waals surface area contributed by atoms with E-state index in [1.165, 1.54) is 23.5 Å². The van der Waals surface area contributed by atoms with Crippen molar-refractivity contribution in [2.75, 3.05) is 18.5 Å². The number of nitro groups is 1. The van der Waals surface area contributed by atoms with Gasteiger partial charge in [0.05, 0.1) is 21.2 Å². The lowest BCUT2D eigenvalue weighted by atomic mass is 10.2. The van der Waals surface area contributed by atoms with Crippen molar-refractivity contribution >= 4 is 49.7 Å². The molecule has 7 nitrogen and oxygen atoms in total. The topological polar surface area (TPSA) is 89.3 Å². The van der Waals surface area contributed by atoms with E-state index in [0.717, 1.165) is 24.1 Å². The number of ether oxygens (including phenoxy) is 1. The molecule has 2 N–H and O–H groups in total. The molecule has 0 aliphatic carbocycles. The van der Waals surface area contributed by atoms with Gasteiger partial charge in [-0.2, -0.15) is 0 Å². The third kappa shape index (κ3) is 3.49. The fourth-order valence-electron chi connectivity index (χ4n) is 2.23. The molecule has 2 heterocycles. The van der Waals surface area contributed by atoms with Crippen LogP contribution in [0, 0.1) is 10.1 Å². The first-order chi connectivity index (χ1) is 10.6. The van der Waals surface area contributed by atoms with E-state index < -0.39 is 4.92 Å². The molecule has 1 aliphatic heterocycles. The molecule has 22 heavy (non-hydrogen) atoms. The smallest absolute Gasteiger partial charge is 0.270 e. The lowest BCUT2D eigenvalue weighted by molar-refractivity contribution is -0.384. The average Bonchev–Trinajstić information content (AvgIpc) is 3.13. The zero-order valence-electron chi connectivity index (χ0n) is 11.6. The number of nitrogens with one attached hydrogen (secondary N) is 2. The summed E-state index contributed by atoms with van der Waals surface area (Å²) in [6.45, 7) is 1.48. The molecule has 116 valence electrons. The number of aromatic nitrogens is 1. The first kappa shape index (κ1) is 15.1. The van der Waals surface area contributed by atoms with Crippen LogP contribution < -0.4 is 10.6 Å². The van der Waals surface area contributed by atoms with Crippen LogP contribution in [0.1, 0.15) is 12.8 Å². The maximum Gasteiger partial charge on any atom is 0.270 e. The number of nitrogens with zero attached hydrogens (tertiary/aromatic N) is 2. The van der Waals surface area contributed by atoms with E-state index in [9.17, 15) is 10.1 Å². The number of anilines is 1. The van der Waals surface area contributed by atoms with Crippen LogP contribution >= 0.6 is 23.6 Å². The maximum absolute atomic E-state index is 10.8. The first-order valence-corrected chi connectivity index (χ1v) is 8.06. The molecule has 1 aromatic heterocycles. The van der Waals surface area contributed by atoms with Crippen LogP contribution in [0.2, 0.25) is 0 Å². The van der Waals surface area contributed by atoms with Crippen LogP contribution in [0.3, 0.4) is 0 Å². The Morgan fingerprint density at radius 3 is 3.18 bits per heavy atom. The van der Waals surface area contributed by atoms with Crippen LogP contribution in [0.15, 0.2) is 18.2 Å². The summed E-state index contributed by atoms with van der Waals surface area (Å²) in [6, 6.07) is 4.60. The van der Waals surface area contributed by atoms with Gasteiger partial charge in [-0.15, -0.1) is 0 Å². The number of thiocarbonyl (C=S) groups is 1. The summed E-state index contributed by atoms with van der Waals surface area (Å²) >= 11 is 6.55. The Morgan fingerprint density at radius 2 is 2.45 bits per heavy atom. The molecule has 2 aromatic rings. The average molecular weight is 338 g/mol. The number of non-ortho nitro benzene ring substituents is 1. The van der Waals surface area contributed by atoms with Gasteiger partial charge in [-0.3, -0.25) is 10.1 Å². The van der Waals surface area contributed by atoms with Crippen LogP contribution in [0.5, 0.6) is 0 Å². The highest BCUT2D eigenvalue weighted by Gasteiger charge is 2.16. The van der Waals surface area contributed by atoms with E-state index in [0.29, 0.717) is 22.3 Å². The van der Waals surface area contributed by atoms with Gasteiger partial charge in [0.25, 0.3) is 5.69 Å². The highest BCUT2D eigenvalue weighted by molar-refractivity contribution is 7.80. The quantitative estimate of drug-likeness (QED) is 0.503. The molecule has 1 aliphatic rings. The van der Waals surface area contributed by atoms with E-state index in [1.54, 1.807) is 6.07 Å². The van der Waals surface area contributed by atoms with Gasteiger partial charge in [0.15, 0.2) is 10.2 Å². The van der Waals surface area contributed by atoms with Crippen molar-refractivity contribution in [3.8, 4) is 0 Å². The summed E-state index contributed by atoms with van der Waals surface area (Å²) in [7, 11) is 0. The summed E-state index contributed by atoms with van der Waals surface area (Å²) < 4.78 is 6.26. The Bertz CT molecular complexity index is 712. The molecule has 0 radical (unpaired) electrons. The largest absolute Gasteiger partial charge is 0.376 e. The molecule has 1 unspecified atom stereocenters. The minimum atomic E-state index is -0.417. The summed E-state index contributed by atoms with van der Waals surface area (Å²) in [5.74, 6) is 0. The Morgan fingerprint density at radius 1 is 1.59 bits per heavy atom. The van der Waals surface area contributed by atoms with Gasteiger partial charge < -0.3 is 15.4 Å². The first-order valence-electron chi connectivity index (χ1n) is 6.83. The minimum Gasteiger partial charge on any atom is -0.376 e. The van der Waals surface area contributed by atoms with Crippen molar-refractivity contribution in [3.05, 3.63) is 28.3 Å². The molecule has 0 bridgehead atoms. The summed E-state index contributed by atoms with van der Waals surface area (Å²) in [4.78, 5) is 14.7. The zero-order valence-corrected chi connectivity index (χ0v) is 13.2. The molecule has 1 saturated heterocycles. The second-order valence-electron chi connectivity index (χ2n) is 4.90. The van der Waals surface area contributed by atoms with Crippen LogP contribution in [0.25, 0.3) is 10.2 Å².